The molecule has 5 rings (SSSR count). The van der Waals surface area contributed by atoms with Crippen LogP contribution in [-0.2, 0) is 19.2 Å². The van der Waals surface area contributed by atoms with Crippen LogP contribution in [-0.4, -0.2) is 47.3 Å². The number of benzene rings is 5. The van der Waals surface area contributed by atoms with E-state index in [1.807, 2.05) is 0 Å². The van der Waals surface area contributed by atoms with Gasteiger partial charge in [0.15, 0.2) is 11.6 Å². The van der Waals surface area contributed by atoms with Gasteiger partial charge in [0, 0.05) is 22.5 Å². The molecule has 0 fully saturated rings. The van der Waals surface area contributed by atoms with Crippen LogP contribution in [0.3, 0.4) is 0 Å². The van der Waals surface area contributed by atoms with Gasteiger partial charge in [0.1, 0.15) is 11.4 Å². The Labute approximate surface area is 405 Å². The molecule has 0 aliphatic carbocycles. The summed E-state index contributed by atoms with van der Waals surface area (Å²) < 4.78 is 0. The molecule has 330 valence electrons. The summed E-state index contributed by atoms with van der Waals surface area (Å²) in [6, 6.07) is 13.8. The maximum atomic E-state index is 13.5. The Morgan fingerprint density at radius 3 is 1.23 bits per heavy atom. The summed E-state index contributed by atoms with van der Waals surface area (Å²) in [4.78, 5) is 78.1. The number of halogens is 8. The highest BCUT2D eigenvalue weighted by molar-refractivity contribution is 6.50. The lowest BCUT2D eigenvalue weighted by Gasteiger charge is -2.17. The van der Waals surface area contributed by atoms with Crippen LogP contribution < -0.4 is 21.3 Å². The minimum atomic E-state index is -1.63. The van der Waals surface area contributed by atoms with Gasteiger partial charge in [0.25, 0.3) is 23.6 Å². The third-order valence-electron chi connectivity index (χ3n) is 8.86. The smallest absolute Gasteiger partial charge is 0.258 e. The first-order valence-electron chi connectivity index (χ1n) is 18.2. The molecule has 0 heterocycles. The van der Waals surface area contributed by atoms with Gasteiger partial charge < -0.3 is 21.3 Å². The number of carbonyl (C=O) groups is 6. The van der Waals surface area contributed by atoms with E-state index in [9.17, 15) is 28.8 Å². The first-order chi connectivity index (χ1) is 30.2. The second kappa shape index (κ2) is 21.7. The Morgan fingerprint density at radius 2 is 0.844 bits per heavy atom. The van der Waals surface area contributed by atoms with E-state index in [-0.39, 0.29) is 79.7 Å². The minimum Gasteiger partial charge on any atom is -0.324 e. The third-order valence-corrected chi connectivity index (χ3v) is 12.1. The van der Waals surface area contributed by atoms with Gasteiger partial charge in [-0.2, -0.15) is 20.5 Å². The number of aryl methyl sites for hydroxylation is 2. The van der Waals surface area contributed by atoms with Crippen molar-refractivity contribution >= 4 is 162 Å². The molecule has 14 nitrogen and oxygen atoms in total. The summed E-state index contributed by atoms with van der Waals surface area (Å²) in [6.45, 7) is 5.55. The second-order valence-electron chi connectivity index (χ2n) is 13.6. The largest absolute Gasteiger partial charge is 0.324 e. The molecule has 0 aliphatic rings. The van der Waals surface area contributed by atoms with Crippen molar-refractivity contribution in [3.8, 4) is 0 Å². The van der Waals surface area contributed by atoms with Crippen molar-refractivity contribution in [1.82, 2.24) is 0 Å². The Hall–Kier alpha value is -5.16. The highest BCUT2D eigenvalue weighted by Crippen LogP contribution is 2.38. The Bertz CT molecular complexity index is 2800. The number of anilines is 4. The fraction of sp³-hybridized carbons (Fsp3) is 0.143. The standard InChI is InChI=1S/C42H30Cl8N8O6/c1-17-13-23(51-41(63)37(19(3)59)57-55-30-15-21(5-7-24(30)43)39(61)52-28-11-9-26(45)32(47)34(28)49)14-18(2)36(17)54-42(64)38(20(4)60)58-56-31-16-22(6-8-25(31)44)40(62)53-29-12-10-27(46)33(48)35(29)50/h5-16,37-38H,1-4H3,(H,51,63)(H,52,61)(H,53,62)(H,54,64). The zero-order valence-corrected chi connectivity index (χ0v) is 39.4. The first kappa shape index (κ1) is 49.8. The van der Waals surface area contributed by atoms with E-state index in [4.69, 9.17) is 92.8 Å². The lowest BCUT2D eigenvalue weighted by atomic mass is 10.1. The molecule has 5 aromatic carbocycles. The number of hydrogen-bond acceptors (Lipinski definition) is 10. The van der Waals surface area contributed by atoms with Crippen molar-refractivity contribution in [2.75, 3.05) is 21.3 Å². The molecular weight excluding hydrogens is 996 g/mol. The summed E-state index contributed by atoms with van der Waals surface area (Å²) >= 11 is 49.2. The number of nitrogens with zero attached hydrogens (tertiary/aromatic N) is 4. The molecule has 0 bridgehead atoms. The van der Waals surface area contributed by atoms with Gasteiger partial charge in [0.2, 0.25) is 12.1 Å². The van der Waals surface area contributed by atoms with E-state index in [0.717, 1.165) is 13.8 Å². The van der Waals surface area contributed by atoms with Crippen molar-refractivity contribution < 1.29 is 28.8 Å². The van der Waals surface area contributed by atoms with Crippen LogP contribution in [0.15, 0.2) is 93.3 Å². The number of hydrogen-bond donors (Lipinski definition) is 4. The Morgan fingerprint density at radius 1 is 0.469 bits per heavy atom. The Kier molecular flexibility index (Phi) is 16.9. The number of nitrogens with one attached hydrogen (secondary N) is 4. The first-order valence-corrected chi connectivity index (χ1v) is 21.2. The molecule has 0 saturated carbocycles. The number of azo groups is 2. The van der Waals surface area contributed by atoms with Crippen LogP contribution in [0.5, 0.6) is 0 Å². The molecule has 2 unspecified atom stereocenters. The van der Waals surface area contributed by atoms with Crippen molar-refractivity contribution in [2.45, 2.75) is 39.8 Å². The lowest BCUT2D eigenvalue weighted by Crippen LogP contribution is -2.33. The third kappa shape index (κ3) is 12.1. The van der Waals surface area contributed by atoms with Crippen LogP contribution in [0.1, 0.15) is 45.7 Å². The predicted molar refractivity (Wildman–Crippen MR) is 253 cm³/mol. The van der Waals surface area contributed by atoms with E-state index in [2.05, 4.69) is 41.7 Å². The van der Waals surface area contributed by atoms with Crippen LogP contribution >= 0.6 is 92.8 Å². The molecule has 5 aromatic rings. The molecule has 2 atom stereocenters. The predicted octanol–water partition coefficient (Wildman–Crippen LogP) is 13.4. The second-order valence-corrected chi connectivity index (χ2v) is 16.7. The summed E-state index contributed by atoms with van der Waals surface area (Å²) in [6.07, 6.45) is 0. The summed E-state index contributed by atoms with van der Waals surface area (Å²) in [5.74, 6) is -4.22. The summed E-state index contributed by atoms with van der Waals surface area (Å²) in [7, 11) is 0. The normalized spacial score (nSPS) is 12.2. The number of rotatable bonds is 14. The molecular formula is C42H30Cl8N8O6. The number of amides is 4. The average molecular weight is 1030 g/mol. The zero-order chi connectivity index (χ0) is 47.2. The van der Waals surface area contributed by atoms with Gasteiger partial charge in [-0.25, -0.2) is 0 Å². The van der Waals surface area contributed by atoms with Gasteiger partial charge in [-0.15, -0.1) is 0 Å². The van der Waals surface area contributed by atoms with E-state index >= 15 is 0 Å². The van der Waals surface area contributed by atoms with E-state index in [1.54, 1.807) is 13.8 Å². The fourth-order valence-electron chi connectivity index (χ4n) is 5.61. The van der Waals surface area contributed by atoms with E-state index in [1.165, 1.54) is 72.8 Å². The van der Waals surface area contributed by atoms with Crippen molar-refractivity contribution in [2.24, 2.45) is 20.5 Å². The number of Topliss-reactive ketones (excluding diaryl/α,β-unsaturated/α-hetero) is 2. The maximum Gasteiger partial charge on any atom is 0.258 e. The zero-order valence-electron chi connectivity index (χ0n) is 33.3. The molecule has 4 N–H and O–H groups in total. The van der Waals surface area contributed by atoms with Crippen LogP contribution in [0.25, 0.3) is 0 Å². The molecule has 4 amide bonds. The molecule has 0 spiro atoms. The van der Waals surface area contributed by atoms with Gasteiger partial charge in [-0.1, -0.05) is 92.8 Å². The number of ketones is 2. The average Bonchev–Trinajstić information content (AvgIpc) is 3.23. The van der Waals surface area contributed by atoms with Crippen molar-refractivity contribution in [3.63, 3.8) is 0 Å². The van der Waals surface area contributed by atoms with Gasteiger partial charge in [-0.05, 0) is 112 Å². The van der Waals surface area contributed by atoms with E-state index < -0.39 is 47.3 Å². The summed E-state index contributed by atoms with van der Waals surface area (Å²) in [5, 5.41) is 27.1. The molecule has 0 aromatic heterocycles. The molecule has 0 saturated heterocycles. The molecule has 0 aliphatic heterocycles. The molecule has 64 heavy (non-hydrogen) atoms. The molecule has 0 radical (unpaired) electrons. The fourth-order valence-corrected chi connectivity index (χ4v) is 7.08. The SMILES string of the molecule is CC(=O)C(N=Nc1cc(C(=O)Nc2ccc(Cl)c(Cl)c2Cl)ccc1Cl)C(=O)Nc1cc(C)c(NC(=O)C(N=Nc2cc(C(=O)Nc3ccc(Cl)c(Cl)c3Cl)ccc2Cl)C(C)=O)c(C)c1. The number of carbonyl (C=O) groups excluding carboxylic acids is 6. The van der Waals surface area contributed by atoms with Gasteiger partial charge in [0.05, 0.1) is 51.6 Å². The maximum absolute atomic E-state index is 13.5. The Balaban J connectivity index is 1.27. The summed E-state index contributed by atoms with van der Waals surface area (Å²) in [5.41, 5.74) is 1.97. The monoisotopic (exact) mass is 1020 g/mol. The minimum absolute atomic E-state index is 0.0180. The van der Waals surface area contributed by atoms with Gasteiger partial charge >= 0.3 is 0 Å². The lowest BCUT2D eigenvalue weighted by molar-refractivity contribution is -0.127. The van der Waals surface area contributed by atoms with Crippen LogP contribution in [0.4, 0.5) is 34.1 Å². The topological polar surface area (TPSA) is 200 Å². The van der Waals surface area contributed by atoms with E-state index in [0.29, 0.717) is 16.8 Å². The molecule has 22 heteroatoms. The quantitative estimate of drug-likeness (QED) is 0.0484. The van der Waals surface area contributed by atoms with Crippen molar-refractivity contribution in [1.29, 1.82) is 0 Å². The van der Waals surface area contributed by atoms with Gasteiger partial charge in [-0.3, -0.25) is 28.8 Å². The highest BCUT2D eigenvalue weighted by atomic mass is 35.5. The van der Waals surface area contributed by atoms with Crippen LogP contribution in [0, 0.1) is 13.8 Å². The van der Waals surface area contributed by atoms with Crippen LogP contribution in [0.2, 0.25) is 40.2 Å². The van der Waals surface area contributed by atoms with Crippen molar-refractivity contribution in [3.05, 3.63) is 135 Å². The highest BCUT2D eigenvalue weighted by Gasteiger charge is 2.27.